The van der Waals surface area contributed by atoms with Crippen LogP contribution in [0.2, 0.25) is 0 Å². The molecule has 0 unspecified atom stereocenters. The van der Waals surface area contributed by atoms with Gasteiger partial charge in [0.1, 0.15) is 24.7 Å². The Bertz CT molecular complexity index is 1470. The van der Waals surface area contributed by atoms with E-state index in [1.54, 1.807) is 18.2 Å². The van der Waals surface area contributed by atoms with Gasteiger partial charge in [0.25, 0.3) is 0 Å². The molecule has 4 N–H and O–H groups in total. The molecule has 41 heavy (non-hydrogen) atoms. The lowest BCUT2D eigenvalue weighted by Crippen LogP contribution is -2.30. The summed E-state index contributed by atoms with van der Waals surface area (Å²) in [5, 5.41) is 17.5. The predicted octanol–water partition coefficient (Wildman–Crippen LogP) is 6.14. The van der Waals surface area contributed by atoms with Crippen molar-refractivity contribution in [3.63, 3.8) is 0 Å². The second kappa shape index (κ2) is 14.5. The summed E-state index contributed by atoms with van der Waals surface area (Å²) in [6, 6.07) is 29.4. The summed E-state index contributed by atoms with van der Waals surface area (Å²) >= 11 is 0. The van der Waals surface area contributed by atoms with Gasteiger partial charge < -0.3 is 25.2 Å². The van der Waals surface area contributed by atoms with Gasteiger partial charge in [-0.1, -0.05) is 66.7 Å². The molecule has 4 aromatic carbocycles. The van der Waals surface area contributed by atoms with Crippen molar-refractivity contribution in [2.75, 3.05) is 18.4 Å². The topological polar surface area (TPSA) is 109 Å². The number of amides is 2. The number of carbonyl (C=O) groups excluding carboxylic acids is 1. The number of benzene rings is 4. The van der Waals surface area contributed by atoms with Gasteiger partial charge in [0.15, 0.2) is 0 Å². The van der Waals surface area contributed by atoms with Crippen LogP contribution in [-0.2, 0) is 24.6 Å². The van der Waals surface area contributed by atoms with E-state index >= 15 is 0 Å². The van der Waals surface area contributed by atoms with Crippen LogP contribution in [0.3, 0.4) is 0 Å². The van der Waals surface area contributed by atoms with Crippen molar-refractivity contribution >= 4 is 17.7 Å². The Morgan fingerprint density at radius 3 is 2.39 bits per heavy atom. The SMILES string of the molecule is CC(=O)NCCNCc1ccc(OCc2cccc(-c3ccccc3)c2C)cc1OCc1cccc(NC(=O)O)c1. The molecule has 0 fully saturated rings. The number of carboxylic acid groups (broad SMARTS) is 1. The Hall–Kier alpha value is -4.82. The molecule has 4 aromatic rings. The molecular weight excluding hydrogens is 518 g/mol. The molecule has 8 nitrogen and oxygen atoms in total. The molecule has 8 heteroatoms. The second-order valence-electron chi connectivity index (χ2n) is 9.59. The minimum absolute atomic E-state index is 0.0681. The van der Waals surface area contributed by atoms with Crippen LogP contribution in [0.4, 0.5) is 10.5 Å². The Morgan fingerprint density at radius 1 is 0.805 bits per heavy atom. The molecule has 0 heterocycles. The molecule has 0 atom stereocenters. The van der Waals surface area contributed by atoms with Gasteiger partial charge in [-0.25, -0.2) is 4.79 Å². The number of hydrogen-bond acceptors (Lipinski definition) is 5. The number of hydrogen-bond donors (Lipinski definition) is 4. The van der Waals surface area contributed by atoms with Gasteiger partial charge in [0.2, 0.25) is 5.91 Å². The third kappa shape index (κ3) is 8.84. The summed E-state index contributed by atoms with van der Waals surface area (Å²) in [4.78, 5) is 22.2. The molecule has 4 rings (SSSR count). The monoisotopic (exact) mass is 553 g/mol. The van der Waals surface area contributed by atoms with Gasteiger partial charge in [-0.15, -0.1) is 0 Å². The smallest absolute Gasteiger partial charge is 0.409 e. The van der Waals surface area contributed by atoms with E-state index < -0.39 is 6.09 Å². The Kier molecular flexibility index (Phi) is 10.3. The molecule has 0 aliphatic heterocycles. The third-order valence-corrected chi connectivity index (χ3v) is 6.53. The standard InChI is InChI=1S/C33H35N3O5/c1-23-28(11-7-13-31(23)26-9-4-3-5-10-26)22-40-30-15-14-27(20-34-16-17-35-24(2)37)32(19-30)41-21-25-8-6-12-29(18-25)36-33(38)39/h3-15,18-19,34,36H,16-17,20-22H2,1-2H3,(H,35,37)(H,38,39). The van der Waals surface area contributed by atoms with Gasteiger partial charge in [0.05, 0.1) is 0 Å². The number of carbonyl (C=O) groups is 2. The highest BCUT2D eigenvalue weighted by Crippen LogP contribution is 2.29. The van der Waals surface area contributed by atoms with E-state index in [1.807, 2.05) is 48.5 Å². The van der Waals surface area contributed by atoms with E-state index in [0.29, 0.717) is 43.4 Å². The fourth-order valence-electron chi connectivity index (χ4n) is 4.41. The van der Waals surface area contributed by atoms with Crippen molar-refractivity contribution in [3.8, 4) is 22.6 Å². The van der Waals surface area contributed by atoms with Crippen molar-refractivity contribution in [2.45, 2.75) is 33.6 Å². The molecule has 2 amide bonds. The summed E-state index contributed by atoms with van der Waals surface area (Å²) in [5.41, 5.74) is 6.84. The van der Waals surface area contributed by atoms with E-state index in [4.69, 9.17) is 14.6 Å². The molecule has 0 bridgehead atoms. The lowest BCUT2D eigenvalue weighted by Gasteiger charge is -2.16. The molecule has 0 aromatic heterocycles. The molecule has 212 valence electrons. The maximum atomic E-state index is 11.1. The summed E-state index contributed by atoms with van der Waals surface area (Å²) in [6.07, 6.45) is -1.12. The van der Waals surface area contributed by atoms with Gasteiger partial charge in [-0.05, 0) is 52.9 Å². The van der Waals surface area contributed by atoms with Gasteiger partial charge >= 0.3 is 6.09 Å². The summed E-state index contributed by atoms with van der Waals surface area (Å²) < 4.78 is 12.4. The fraction of sp³-hybridized carbons (Fsp3) is 0.212. The molecule has 0 saturated carbocycles. The number of anilines is 1. The molecule has 0 aliphatic rings. The van der Waals surface area contributed by atoms with E-state index in [1.165, 1.54) is 23.6 Å². The normalized spacial score (nSPS) is 10.6. The molecule has 0 aliphatic carbocycles. The van der Waals surface area contributed by atoms with E-state index in [-0.39, 0.29) is 12.5 Å². The molecule has 0 radical (unpaired) electrons. The minimum Gasteiger partial charge on any atom is -0.489 e. The zero-order valence-electron chi connectivity index (χ0n) is 23.3. The minimum atomic E-state index is -1.12. The zero-order chi connectivity index (χ0) is 29.0. The van der Waals surface area contributed by atoms with Gasteiger partial charge in [-0.3, -0.25) is 10.1 Å². The highest BCUT2D eigenvalue weighted by molar-refractivity contribution is 5.82. The van der Waals surface area contributed by atoms with E-state index in [0.717, 1.165) is 16.7 Å². The van der Waals surface area contributed by atoms with Crippen molar-refractivity contribution in [3.05, 3.63) is 113 Å². The van der Waals surface area contributed by atoms with Crippen LogP contribution in [0, 0.1) is 6.92 Å². The first-order chi connectivity index (χ1) is 19.9. The summed E-state index contributed by atoms with van der Waals surface area (Å²) in [5.74, 6) is 1.26. The zero-order valence-corrected chi connectivity index (χ0v) is 23.3. The van der Waals surface area contributed by atoms with Crippen LogP contribution in [0.1, 0.15) is 29.2 Å². The van der Waals surface area contributed by atoms with Crippen LogP contribution >= 0.6 is 0 Å². The maximum absolute atomic E-state index is 11.1. The van der Waals surface area contributed by atoms with Gasteiger partial charge in [-0.2, -0.15) is 0 Å². The third-order valence-electron chi connectivity index (χ3n) is 6.53. The van der Waals surface area contributed by atoms with E-state index in [2.05, 4.69) is 47.1 Å². The highest BCUT2D eigenvalue weighted by Gasteiger charge is 2.11. The van der Waals surface area contributed by atoms with Crippen molar-refractivity contribution in [1.82, 2.24) is 10.6 Å². The van der Waals surface area contributed by atoms with Crippen LogP contribution in [0.15, 0.2) is 91.0 Å². The second-order valence-corrected chi connectivity index (χ2v) is 9.59. The molecule has 0 spiro atoms. The van der Waals surface area contributed by atoms with Crippen molar-refractivity contribution in [2.24, 2.45) is 0 Å². The summed E-state index contributed by atoms with van der Waals surface area (Å²) in [7, 11) is 0. The van der Waals surface area contributed by atoms with Crippen molar-refractivity contribution in [1.29, 1.82) is 0 Å². The fourth-order valence-corrected chi connectivity index (χ4v) is 4.41. The lowest BCUT2D eigenvalue weighted by molar-refractivity contribution is -0.118. The van der Waals surface area contributed by atoms with Crippen LogP contribution in [0.25, 0.3) is 11.1 Å². The lowest BCUT2D eigenvalue weighted by atomic mass is 9.97. The largest absolute Gasteiger partial charge is 0.489 e. The Balaban J connectivity index is 1.48. The number of nitrogens with one attached hydrogen (secondary N) is 3. The first kappa shape index (κ1) is 29.2. The van der Waals surface area contributed by atoms with Crippen molar-refractivity contribution < 1.29 is 24.2 Å². The summed E-state index contributed by atoms with van der Waals surface area (Å²) in [6.45, 7) is 5.92. The predicted molar refractivity (Wildman–Crippen MR) is 160 cm³/mol. The van der Waals surface area contributed by atoms with Crippen LogP contribution in [0.5, 0.6) is 11.5 Å². The van der Waals surface area contributed by atoms with E-state index in [9.17, 15) is 9.59 Å². The average molecular weight is 554 g/mol. The first-order valence-corrected chi connectivity index (χ1v) is 13.5. The molecule has 0 saturated heterocycles. The first-order valence-electron chi connectivity index (χ1n) is 13.5. The highest BCUT2D eigenvalue weighted by atomic mass is 16.5. The Morgan fingerprint density at radius 2 is 1.61 bits per heavy atom. The van der Waals surface area contributed by atoms with Crippen LogP contribution < -0.4 is 25.4 Å². The number of ether oxygens (including phenoxy) is 2. The average Bonchev–Trinajstić information content (AvgIpc) is 2.96. The number of rotatable bonds is 13. The molecular formula is C33H35N3O5. The van der Waals surface area contributed by atoms with Crippen LogP contribution in [-0.4, -0.2) is 30.2 Å². The Labute approximate surface area is 240 Å². The maximum Gasteiger partial charge on any atom is 0.409 e. The quantitative estimate of drug-likeness (QED) is 0.148. The van der Waals surface area contributed by atoms with Gasteiger partial charge in [0, 0.05) is 43.9 Å².